The molecule has 3 aromatic carbocycles. The van der Waals surface area contributed by atoms with Gasteiger partial charge in [-0.1, -0.05) is 42.0 Å². The number of hydrogen-bond donors (Lipinski definition) is 1. The summed E-state index contributed by atoms with van der Waals surface area (Å²) in [6, 6.07) is 21.6. The summed E-state index contributed by atoms with van der Waals surface area (Å²) in [5, 5.41) is 9.41. The minimum absolute atomic E-state index is 0.00723. The van der Waals surface area contributed by atoms with E-state index in [4.69, 9.17) is 9.47 Å². The zero-order chi connectivity index (χ0) is 23.1. The van der Waals surface area contributed by atoms with Gasteiger partial charge in [0.1, 0.15) is 23.8 Å². The van der Waals surface area contributed by atoms with Crippen molar-refractivity contribution < 1.29 is 24.2 Å². The van der Waals surface area contributed by atoms with Crippen molar-refractivity contribution in [2.75, 3.05) is 6.54 Å². The van der Waals surface area contributed by atoms with Gasteiger partial charge in [-0.25, -0.2) is 0 Å². The summed E-state index contributed by atoms with van der Waals surface area (Å²) >= 11 is 0. The first-order chi connectivity index (χ1) is 15.3. The lowest BCUT2D eigenvalue weighted by molar-refractivity contribution is -0.137. The number of aliphatic carboxylic acids is 1. The summed E-state index contributed by atoms with van der Waals surface area (Å²) in [4.78, 5) is 26.2. The summed E-state index contributed by atoms with van der Waals surface area (Å²) in [5.74, 6) is 0.117. The number of nitrogens with zero attached hydrogens (tertiary/aromatic N) is 1. The highest BCUT2D eigenvalue weighted by molar-refractivity contribution is 5.98. The van der Waals surface area contributed by atoms with E-state index in [0.717, 1.165) is 11.1 Å². The molecular weight excluding hydrogens is 406 g/mol. The monoisotopic (exact) mass is 433 g/mol. The van der Waals surface area contributed by atoms with E-state index in [1.807, 2.05) is 69.3 Å². The van der Waals surface area contributed by atoms with Gasteiger partial charge < -0.3 is 19.5 Å². The van der Waals surface area contributed by atoms with Crippen molar-refractivity contribution in [1.29, 1.82) is 0 Å². The molecule has 0 spiro atoms. The molecular formula is C26H27NO5. The Hall–Kier alpha value is -3.80. The zero-order valence-corrected chi connectivity index (χ0v) is 18.4. The number of para-hydroxylation sites is 1. The molecule has 0 aliphatic heterocycles. The molecule has 0 aliphatic rings. The number of carboxylic acid groups (broad SMARTS) is 1. The maximum Gasteiger partial charge on any atom is 0.323 e. The number of carbonyl (C=O) groups is 2. The van der Waals surface area contributed by atoms with Crippen LogP contribution in [0.3, 0.4) is 0 Å². The Labute approximate surface area is 188 Å². The van der Waals surface area contributed by atoms with Crippen LogP contribution in [0.1, 0.15) is 35.3 Å². The Balaban J connectivity index is 1.86. The average molecular weight is 434 g/mol. The van der Waals surface area contributed by atoms with Gasteiger partial charge in [0.15, 0.2) is 0 Å². The van der Waals surface area contributed by atoms with Crippen LogP contribution < -0.4 is 9.47 Å². The van der Waals surface area contributed by atoms with Crippen LogP contribution in [0.25, 0.3) is 0 Å². The summed E-state index contributed by atoms with van der Waals surface area (Å²) in [5.41, 5.74) is 2.16. The van der Waals surface area contributed by atoms with Crippen molar-refractivity contribution in [2.45, 2.75) is 33.4 Å². The fourth-order valence-electron chi connectivity index (χ4n) is 3.21. The first-order valence-corrected chi connectivity index (χ1v) is 10.4. The number of benzene rings is 3. The topological polar surface area (TPSA) is 76.1 Å². The molecule has 0 unspecified atom stereocenters. The van der Waals surface area contributed by atoms with Crippen molar-refractivity contribution in [1.82, 2.24) is 4.90 Å². The fraction of sp³-hybridized carbons (Fsp3) is 0.231. The van der Waals surface area contributed by atoms with Crippen LogP contribution in [0.15, 0.2) is 72.8 Å². The molecule has 1 N–H and O–H groups in total. The normalized spacial score (nSPS) is 10.6. The van der Waals surface area contributed by atoms with Crippen LogP contribution in [0.4, 0.5) is 0 Å². The van der Waals surface area contributed by atoms with Crippen molar-refractivity contribution in [3.8, 4) is 17.2 Å². The third-order valence-corrected chi connectivity index (χ3v) is 4.62. The molecule has 6 heteroatoms. The highest BCUT2D eigenvalue weighted by atomic mass is 16.5. The lowest BCUT2D eigenvalue weighted by atomic mass is 10.1. The lowest BCUT2D eigenvalue weighted by Crippen LogP contribution is -2.35. The molecule has 1 amide bonds. The van der Waals surface area contributed by atoms with E-state index in [2.05, 4.69) is 0 Å². The minimum Gasteiger partial charge on any atom is -0.491 e. The molecule has 0 atom stereocenters. The average Bonchev–Trinajstić information content (AvgIpc) is 2.74. The molecule has 32 heavy (non-hydrogen) atoms. The molecule has 0 radical (unpaired) electrons. The Bertz CT molecular complexity index is 1080. The second kappa shape index (κ2) is 10.5. The lowest BCUT2D eigenvalue weighted by Gasteiger charge is -2.22. The standard InChI is InChI=1S/C26H27NO5/c1-18(2)31-22-8-6-7-20(15-22)16-27(17-25(28)29)26(30)23-9-4-5-10-24(23)32-21-13-11-19(3)12-14-21/h4-15,18H,16-17H2,1-3H3,(H,28,29). The number of aryl methyl sites for hydroxylation is 1. The van der Waals surface area contributed by atoms with E-state index in [0.29, 0.717) is 22.8 Å². The number of carboxylic acids is 1. The van der Waals surface area contributed by atoms with Crippen LogP contribution in [0.5, 0.6) is 17.2 Å². The Morgan fingerprint density at radius 3 is 2.34 bits per heavy atom. The second-order valence-electron chi connectivity index (χ2n) is 7.78. The zero-order valence-electron chi connectivity index (χ0n) is 18.4. The first kappa shape index (κ1) is 22.9. The third kappa shape index (κ3) is 6.35. The number of rotatable bonds is 9. The Kier molecular flexibility index (Phi) is 7.49. The van der Waals surface area contributed by atoms with Crippen LogP contribution in [0.2, 0.25) is 0 Å². The predicted molar refractivity (Wildman–Crippen MR) is 122 cm³/mol. The first-order valence-electron chi connectivity index (χ1n) is 10.4. The van der Waals surface area contributed by atoms with Gasteiger partial charge in [-0.05, 0) is 62.7 Å². The third-order valence-electron chi connectivity index (χ3n) is 4.62. The maximum atomic E-state index is 13.4. The van der Waals surface area contributed by atoms with Crippen LogP contribution >= 0.6 is 0 Å². The summed E-state index contributed by atoms with van der Waals surface area (Å²) in [7, 11) is 0. The summed E-state index contributed by atoms with van der Waals surface area (Å²) in [6.45, 7) is 5.52. The molecule has 0 bridgehead atoms. The van der Waals surface area contributed by atoms with Gasteiger partial charge in [0, 0.05) is 6.54 Å². The number of carbonyl (C=O) groups excluding carboxylic acids is 1. The molecule has 0 aromatic heterocycles. The molecule has 0 aliphatic carbocycles. The van der Waals surface area contributed by atoms with Crippen molar-refractivity contribution in [3.63, 3.8) is 0 Å². The van der Waals surface area contributed by atoms with Crippen LogP contribution in [-0.2, 0) is 11.3 Å². The van der Waals surface area contributed by atoms with Gasteiger partial charge in [-0.3, -0.25) is 9.59 Å². The molecule has 166 valence electrons. The van der Waals surface area contributed by atoms with Gasteiger partial charge in [0.2, 0.25) is 0 Å². The molecule has 3 aromatic rings. The van der Waals surface area contributed by atoms with Crippen molar-refractivity contribution >= 4 is 11.9 Å². The van der Waals surface area contributed by atoms with Gasteiger partial charge in [0.25, 0.3) is 5.91 Å². The second-order valence-corrected chi connectivity index (χ2v) is 7.78. The highest BCUT2D eigenvalue weighted by Crippen LogP contribution is 2.27. The quantitative estimate of drug-likeness (QED) is 0.495. The Morgan fingerprint density at radius 2 is 1.66 bits per heavy atom. The van der Waals surface area contributed by atoms with Crippen molar-refractivity contribution in [3.05, 3.63) is 89.5 Å². The Morgan fingerprint density at radius 1 is 0.938 bits per heavy atom. The number of hydrogen-bond acceptors (Lipinski definition) is 4. The van der Waals surface area contributed by atoms with Gasteiger partial charge in [0.05, 0.1) is 11.7 Å². The minimum atomic E-state index is -1.09. The molecule has 0 saturated heterocycles. The molecule has 3 rings (SSSR count). The van der Waals surface area contributed by atoms with Crippen LogP contribution in [-0.4, -0.2) is 34.5 Å². The highest BCUT2D eigenvalue weighted by Gasteiger charge is 2.22. The maximum absolute atomic E-state index is 13.4. The van der Waals surface area contributed by atoms with Crippen LogP contribution in [0, 0.1) is 6.92 Å². The predicted octanol–water partition coefficient (Wildman–Crippen LogP) is 5.30. The number of ether oxygens (including phenoxy) is 2. The molecule has 0 saturated carbocycles. The SMILES string of the molecule is Cc1ccc(Oc2ccccc2C(=O)N(CC(=O)O)Cc2cccc(OC(C)C)c2)cc1. The van der Waals surface area contributed by atoms with Gasteiger partial charge >= 0.3 is 5.97 Å². The van der Waals surface area contributed by atoms with E-state index in [1.54, 1.807) is 24.3 Å². The van der Waals surface area contributed by atoms with E-state index in [1.165, 1.54) is 4.90 Å². The molecule has 0 heterocycles. The summed E-state index contributed by atoms with van der Waals surface area (Å²) < 4.78 is 11.7. The summed E-state index contributed by atoms with van der Waals surface area (Å²) in [6.07, 6.45) is 0.00723. The van der Waals surface area contributed by atoms with Gasteiger partial charge in [-0.2, -0.15) is 0 Å². The largest absolute Gasteiger partial charge is 0.491 e. The van der Waals surface area contributed by atoms with E-state index >= 15 is 0 Å². The smallest absolute Gasteiger partial charge is 0.323 e. The fourth-order valence-corrected chi connectivity index (χ4v) is 3.21. The van der Waals surface area contributed by atoms with E-state index in [9.17, 15) is 14.7 Å². The molecule has 0 fully saturated rings. The van der Waals surface area contributed by atoms with Crippen molar-refractivity contribution in [2.24, 2.45) is 0 Å². The van der Waals surface area contributed by atoms with E-state index in [-0.39, 0.29) is 12.6 Å². The molecule has 6 nitrogen and oxygen atoms in total. The van der Waals surface area contributed by atoms with Gasteiger partial charge in [-0.15, -0.1) is 0 Å². The number of amides is 1. The van der Waals surface area contributed by atoms with E-state index < -0.39 is 18.4 Å².